The lowest BCUT2D eigenvalue weighted by Crippen LogP contribution is -2.47. The number of hydrogen-bond acceptors (Lipinski definition) is 5. The van der Waals surface area contributed by atoms with E-state index in [1.54, 1.807) is 7.11 Å². The molecule has 1 aliphatic rings. The van der Waals surface area contributed by atoms with Gasteiger partial charge in [0.15, 0.2) is 0 Å². The number of carboxylic acids is 2. The average Bonchev–Trinajstić information content (AvgIpc) is 2.38. The van der Waals surface area contributed by atoms with Crippen LogP contribution in [0.25, 0.3) is 0 Å². The Labute approximate surface area is 112 Å². The van der Waals surface area contributed by atoms with Crippen LogP contribution in [0.5, 0.6) is 0 Å². The van der Waals surface area contributed by atoms with E-state index in [9.17, 15) is 9.59 Å². The maximum atomic E-state index is 11.1. The number of piperidine rings is 1. The smallest absolute Gasteiger partial charge is 0.308 e. The Balaban J connectivity index is 2.35. The van der Waals surface area contributed by atoms with Crippen molar-refractivity contribution in [2.75, 3.05) is 46.6 Å². The van der Waals surface area contributed by atoms with Crippen molar-refractivity contribution in [2.45, 2.75) is 6.42 Å². The molecule has 1 aliphatic heterocycles. The SMILES string of the molecule is COCCOCCN1CCC(C(=O)O)C(C(=O)O)C1. The normalized spacial score (nSPS) is 24.3. The summed E-state index contributed by atoms with van der Waals surface area (Å²) in [5, 5.41) is 18.1. The van der Waals surface area contributed by atoms with Gasteiger partial charge >= 0.3 is 11.9 Å². The van der Waals surface area contributed by atoms with Crippen LogP contribution in [0.4, 0.5) is 0 Å². The second-order valence-electron chi connectivity index (χ2n) is 4.58. The maximum Gasteiger partial charge on any atom is 0.308 e. The van der Waals surface area contributed by atoms with E-state index in [1.165, 1.54) is 0 Å². The van der Waals surface area contributed by atoms with Gasteiger partial charge in [-0.15, -0.1) is 0 Å². The fourth-order valence-electron chi connectivity index (χ4n) is 2.21. The highest BCUT2D eigenvalue weighted by Crippen LogP contribution is 2.24. The monoisotopic (exact) mass is 275 g/mol. The molecule has 0 aromatic rings. The molecule has 1 saturated heterocycles. The third-order valence-corrected chi connectivity index (χ3v) is 3.31. The second kappa shape index (κ2) is 8.08. The molecule has 0 saturated carbocycles. The third kappa shape index (κ3) is 5.14. The minimum atomic E-state index is -1.04. The van der Waals surface area contributed by atoms with Gasteiger partial charge < -0.3 is 24.6 Å². The van der Waals surface area contributed by atoms with Gasteiger partial charge in [-0.3, -0.25) is 9.59 Å². The number of rotatable bonds is 8. The van der Waals surface area contributed by atoms with Crippen LogP contribution in [0.1, 0.15) is 6.42 Å². The lowest BCUT2D eigenvalue weighted by atomic mass is 9.85. The van der Waals surface area contributed by atoms with Gasteiger partial charge in [-0.2, -0.15) is 0 Å². The Hall–Kier alpha value is -1.18. The fraction of sp³-hybridized carbons (Fsp3) is 0.833. The number of carbonyl (C=O) groups is 2. The first-order valence-electron chi connectivity index (χ1n) is 6.31. The molecule has 19 heavy (non-hydrogen) atoms. The first-order chi connectivity index (χ1) is 9.06. The Morgan fingerprint density at radius 1 is 1.16 bits per heavy atom. The number of ether oxygens (including phenoxy) is 2. The maximum absolute atomic E-state index is 11.1. The van der Waals surface area contributed by atoms with Gasteiger partial charge in [0.25, 0.3) is 0 Å². The molecule has 2 N–H and O–H groups in total. The molecule has 0 radical (unpaired) electrons. The van der Waals surface area contributed by atoms with Crippen molar-refractivity contribution in [1.82, 2.24) is 4.90 Å². The van der Waals surface area contributed by atoms with Gasteiger partial charge in [-0.1, -0.05) is 0 Å². The van der Waals surface area contributed by atoms with E-state index in [-0.39, 0.29) is 6.54 Å². The molecule has 7 nitrogen and oxygen atoms in total. The van der Waals surface area contributed by atoms with Gasteiger partial charge in [0.05, 0.1) is 31.7 Å². The summed E-state index contributed by atoms with van der Waals surface area (Å²) in [7, 11) is 1.59. The summed E-state index contributed by atoms with van der Waals surface area (Å²) in [5.41, 5.74) is 0. The zero-order chi connectivity index (χ0) is 14.3. The quantitative estimate of drug-likeness (QED) is 0.590. The average molecular weight is 275 g/mol. The molecule has 0 amide bonds. The zero-order valence-corrected chi connectivity index (χ0v) is 11.1. The molecule has 1 rings (SSSR count). The molecule has 0 aromatic heterocycles. The van der Waals surface area contributed by atoms with E-state index in [1.807, 2.05) is 4.90 Å². The van der Waals surface area contributed by atoms with Crippen LogP contribution < -0.4 is 0 Å². The molecule has 1 fully saturated rings. The van der Waals surface area contributed by atoms with Crippen molar-refractivity contribution in [3.63, 3.8) is 0 Å². The summed E-state index contributed by atoms with van der Waals surface area (Å²) in [4.78, 5) is 24.0. The first kappa shape index (κ1) is 15.9. The molecule has 2 unspecified atom stereocenters. The number of carboxylic acid groups (broad SMARTS) is 2. The third-order valence-electron chi connectivity index (χ3n) is 3.31. The summed E-state index contributed by atoms with van der Waals surface area (Å²) in [6.45, 7) is 2.99. The van der Waals surface area contributed by atoms with Crippen molar-refractivity contribution in [3.8, 4) is 0 Å². The summed E-state index contributed by atoms with van der Waals surface area (Å²) < 4.78 is 10.2. The van der Waals surface area contributed by atoms with E-state index in [2.05, 4.69) is 0 Å². The van der Waals surface area contributed by atoms with Crippen LogP contribution in [0.2, 0.25) is 0 Å². The Morgan fingerprint density at radius 2 is 1.84 bits per heavy atom. The minimum absolute atomic E-state index is 0.264. The van der Waals surface area contributed by atoms with Gasteiger partial charge in [0.1, 0.15) is 0 Å². The van der Waals surface area contributed by atoms with Crippen LogP contribution in [-0.2, 0) is 19.1 Å². The lowest BCUT2D eigenvalue weighted by Gasteiger charge is -2.34. The van der Waals surface area contributed by atoms with Crippen molar-refractivity contribution in [1.29, 1.82) is 0 Å². The molecule has 0 aliphatic carbocycles. The summed E-state index contributed by atoms with van der Waals surface area (Å²) in [6, 6.07) is 0. The number of methoxy groups -OCH3 is 1. The van der Waals surface area contributed by atoms with Crippen LogP contribution >= 0.6 is 0 Å². The van der Waals surface area contributed by atoms with E-state index < -0.39 is 23.8 Å². The van der Waals surface area contributed by atoms with Crippen LogP contribution in [0.15, 0.2) is 0 Å². The highest BCUT2D eigenvalue weighted by atomic mass is 16.5. The summed E-state index contributed by atoms with van der Waals surface area (Å²) in [5.74, 6) is -3.70. The summed E-state index contributed by atoms with van der Waals surface area (Å²) >= 11 is 0. The first-order valence-corrected chi connectivity index (χ1v) is 6.31. The van der Waals surface area contributed by atoms with Gasteiger partial charge in [-0.25, -0.2) is 0 Å². The predicted molar refractivity (Wildman–Crippen MR) is 66.0 cm³/mol. The Morgan fingerprint density at radius 3 is 2.42 bits per heavy atom. The minimum Gasteiger partial charge on any atom is -0.481 e. The number of nitrogens with zero attached hydrogens (tertiary/aromatic N) is 1. The standard InChI is InChI=1S/C12H21NO6/c1-18-6-7-19-5-4-13-3-2-9(11(14)15)10(8-13)12(16)17/h9-10H,2-8H2,1H3,(H,14,15)(H,16,17). The summed E-state index contributed by atoms with van der Waals surface area (Å²) in [6.07, 6.45) is 0.365. The number of aliphatic carboxylic acids is 2. The molecular formula is C12H21NO6. The van der Waals surface area contributed by atoms with Crippen molar-refractivity contribution in [3.05, 3.63) is 0 Å². The van der Waals surface area contributed by atoms with Crippen LogP contribution in [0.3, 0.4) is 0 Å². The Kier molecular flexibility index (Phi) is 6.75. The van der Waals surface area contributed by atoms with E-state index in [0.717, 1.165) is 0 Å². The number of hydrogen-bond donors (Lipinski definition) is 2. The van der Waals surface area contributed by atoms with Gasteiger partial charge in [0.2, 0.25) is 0 Å². The topological polar surface area (TPSA) is 96.3 Å². The zero-order valence-electron chi connectivity index (χ0n) is 11.1. The number of likely N-dealkylation sites (tertiary alicyclic amines) is 1. The highest BCUT2D eigenvalue weighted by Gasteiger charge is 2.38. The molecule has 0 aromatic carbocycles. The molecule has 1 heterocycles. The van der Waals surface area contributed by atoms with E-state index in [0.29, 0.717) is 39.3 Å². The Bertz CT molecular complexity index is 309. The van der Waals surface area contributed by atoms with Gasteiger partial charge in [0, 0.05) is 20.2 Å². The second-order valence-corrected chi connectivity index (χ2v) is 4.58. The van der Waals surface area contributed by atoms with Crippen molar-refractivity contribution >= 4 is 11.9 Å². The van der Waals surface area contributed by atoms with Crippen molar-refractivity contribution < 1.29 is 29.3 Å². The lowest BCUT2D eigenvalue weighted by molar-refractivity contribution is -0.157. The molecule has 2 atom stereocenters. The molecule has 7 heteroatoms. The van der Waals surface area contributed by atoms with Crippen molar-refractivity contribution in [2.24, 2.45) is 11.8 Å². The van der Waals surface area contributed by atoms with Crippen LogP contribution in [-0.4, -0.2) is 73.6 Å². The highest BCUT2D eigenvalue weighted by molar-refractivity contribution is 5.80. The largest absolute Gasteiger partial charge is 0.481 e. The van der Waals surface area contributed by atoms with Gasteiger partial charge in [-0.05, 0) is 13.0 Å². The molecule has 0 bridgehead atoms. The predicted octanol–water partition coefficient (Wildman–Crippen LogP) is -0.243. The van der Waals surface area contributed by atoms with E-state index in [4.69, 9.17) is 19.7 Å². The molecule has 0 spiro atoms. The fourth-order valence-corrected chi connectivity index (χ4v) is 2.21. The van der Waals surface area contributed by atoms with E-state index >= 15 is 0 Å². The molecular weight excluding hydrogens is 254 g/mol. The van der Waals surface area contributed by atoms with Crippen LogP contribution in [0, 0.1) is 11.8 Å². The molecule has 110 valence electrons.